The highest BCUT2D eigenvalue weighted by Gasteiger charge is 2.28. The van der Waals surface area contributed by atoms with Crippen LogP contribution < -0.4 is 10.2 Å². The first-order valence-corrected chi connectivity index (χ1v) is 10.1. The van der Waals surface area contributed by atoms with Gasteiger partial charge in [0.1, 0.15) is 11.6 Å². The first-order chi connectivity index (χ1) is 14.2. The first-order valence-electron chi connectivity index (χ1n) is 10.1. The lowest BCUT2D eigenvalue weighted by atomic mass is 10.1. The molecule has 0 aliphatic carbocycles. The fourth-order valence-corrected chi connectivity index (χ4v) is 4.18. The molecule has 1 saturated heterocycles. The Labute approximate surface area is 182 Å². The highest BCUT2D eigenvalue weighted by molar-refractivity contribution is 5.85. The molecule has 154 valence electrons. The summed E-state index contributed by atoms with van der Waals surface area (Å²) < 4.78 is 1.80. The molecule has 0 radical (unpaired) electrons. The Kier molecular flexibility index (Phi) is 5.59. The molecule has 0 spiro atoms. The lowest BCUT2D eigenvalue weighted by molar-refractivity contribution is 0.684. The lowest BCUT2D eigenvalue weighted by Crippen LogP contribution is -2.33. The van der Waals surface area contributed by atoms with E-state index in [0.717, 1.165) is 34.2 Å². The second-order valence-corrected chi connectivity index (χ2v) is 7.69. The van der Waals surface area contributed by atoms with Crippen LogP contribution in [0.15, 0.2) is 67.0 Å². The van der Waals surface area contributed by atoms with Crippen LogP contribution in [-0.2, 0) is 0 Å². The van der Waals surface area contributed by atoms with Crippen molar-refractivity contribution in [2.75, 3.05) is 10.2 Å². The third kappa shape index (κ3) is 3.71. The Hall–Kier alpha value is -3.12. The van der Waals surface area contributed by atoms with Gasteiger partial charge in [-0.15, -0.1) is 12.4 Å². The number of benzene rings is 1. The van der Waals surface area contributed by atoms with Gasteiger partial charge in [-0.1, -0.05) is 36.4 Å². The third-order valence-corrected chi connectivity index (χ3v) is 5.64. The number of halogens is 1. The van der Waals surface area contributed by atoms with E-state index in [1.54, 1.807) is 10.7 Å². The molecule has 4 heterocycles. The van der Waals surface area contributed by atoms with Crippen LogP contribution in [0.1, 0.15) is 26.7 Å². The highest BCUT2D eigenvalue weighted by Crippen LogP contribution is 2.31. The Morgan fingerprint density at radius 3 is 2.50 bits per heavy atom. The predicted octanol–water partition coefficient (Wildman–Crippen LogP) is 5.33. The predicted molar refractivity (Wildman–Crippen MR) is 124 cm³/mol. The summed E-state index contributed by atoms with van der Waals surface area (Å²) in [6.45, 7) is 4.54. The summed E-state index contributed by atoms with van der Waals surface area (Å²) in [5, 5.41) is 8.17. The Morgan fingerprint density at radius 1 is 0.967 bits per heavy atom. The van der Waals surface area contributed by atoms with Gasteiger partial charge in [0.2, 0.25) is 0 Å². The van der Waals surface area contributed by atoms with Crippen molar-refractivity contribution in [2.24, 2.45) is 0 Å². The topological polar surface area (TPSA) is 58.4 Å². The molecular weight excluding hydrogens is 396 g/mol. The van der Waals surface area contributed by atoms with Gasteiger partial charge in [-0.05, 0) is 44.9 Å². The number of pyridine rings is 1. The van der Waals surface area contributed by atoms with Gasteiger partial charge >= 0.3 is 0 Å². The number of hydrogen-bond donors (Lipinski definition) is 1. The number of nitrogens with zero attached hydrogens (tertiary/aromatic N) is 5. The summed E-state index contributed by atoms with van der Waals surface area (Å²) in [5.41, 5.74) is 3.61. The van der Waals surface area contributed by atoms with Crippen LogP contribution in [0, 0.1) is 0 Å². The van der Waals surface area contributed by atoms with Crippen LogP contribution in [0.4, 0.5) is 17.3 Å². The minimum atomic E-state index is 0. The standard InChI is InChI=1S/C23H24N6.ClH/c1-16-11-12-17(2)29(16)22-10-6-9-21(26-22)25-20-15-19(18-7-4-3-5-8-18)27-28-14-13-24-23(20)28;/h3-10,13-17H,11-12H2,1-2H3,(H,25,26);1H/t16-,17-;/m0./s1. The molecule has 1 N–H and O–H groups in total. The lowest BCUT2D eigenvalue weighted by Gasteiger charge is -2.27. The molecule has 1 aromatic carbocycles. The van der Waals surface area contributed by atoms with Crippen molar-refractivity contribution in [2.45, 2.75) is 38.8 Å². The molecule has 0 bridgehead atoms. The van der Waals surface area contributed by atoms with Crippen molar-refractivity contribution in [3.05, 3.63) is 67.0 Å². The summed E-state index contributed by atoms with van der Waals surface area (Å²) in [5.74, 6) is 1.83. The SMILES string of the molecule is C[C@H]1CC[C@H](C)N1c1cccc(Nc2cc(-c3ccccc3)nn3ccnc23)n1.Cl. The van der Waals surface area contributed by atoms with Crippen LogP contribution in [0.2, 0.25) is 0 Å². The zero-order chi connectivity index (χ0) is 19.8. The van der Waals surface area contributed by atoms with Crippen molar-refractivity contribution in [1.29, 1.82) is 0 Å². The number of anilines is 3. The maximum absolute atomic E-state index is 4.90. The molecular formula is C23H25ClN6. The summed E-state index contributed by atoms with van der Waals surface area (Å²) in [4.78, 5) is 11.8. The smallest absolute Gasteiger partial charge is 0.177 e. The van der Waals surface area contributed by atoms with Gasteiger partial charge in [0, 0.05) is 30.0 Å². The van der Waals surface area contributed by atoms with Crippen LogP contribution in [0.25, 0.3) is 16.9 Å². The molecule has 6 nitrogen and oxygen atoms in total. The van der Waals surface area contributed by atoms with Gasteiger partial charge in [0.05, 0.1) is 11.4 Å². The van der Waals surface area contributed by atoms with E-state index in [4.69, 9.17) is 10.1 Å². The molecule has 0 unspecified atom stereocenters. The molecule has 0 amide bonds. The minimum absolute atomic E-state index is 0. The molecule has 0 saturated carbocycles. The molecule has 30 heavy (non-hydrogen) atoms. The van der Waals surface area contributed by atoms with Crippen LogP contribution in [0.5, 0.6) is 0 Å². The van der Waals surface area contributed by atoms with E-state index in [-0.39, 0.29) is 12.4 Å². The van der Waals surface area contributed by atoms with E-state index < -0.39 is 0 Å². The summed E-state index contributed by atoms with van der Waals surface area (Å²) in [7, 11) is 0. The zero-order valence-corrected chi connectivity index (χ0v) is 17.9. The van der Waals surface area contributed by atoms with Crippen molar-refractivity contribution in [3.8, 4) is 11.3 Å². The van der Waals surface area contributed by atoms with Gasteiger partial charge in [0.25, 0.3) is 0 Å². The molecule has 1 fully saturated rings. The van der Waals surface area contributed by atoms with Crippen LogP contribution in [-0.4, -0.2) is 31.7 Å². The molecule has 2 atom stereocenters. The number of nitrogens with one attached hydrogen (secondary N) is 1. The Bertz CT molecular complexity index is 1130. The van der Waals surface area contributed by atoms with E-state index >= 15 is 0 Å². The monoisotopic (exact) mass is 420 g/mol. The van der Waals surface area contributed by atoms with Gasteiger partial charge in [-0.25, -0.2) is 14.5 Å². The fraction of sp³-hybridized carbons (Fsp3) is 0.261. The van der Waals surface area contributed by atoms with E-state index in [1.165, 1.54) is 12.8 Å². The van der Waals surface area contributed by atoms with Crippen molar-refractivity contribution >= 4 is 35.4 Å². The number of rotatable bonds is 4. The van der Waals surface area contributed by atoms with Crippen LogP contribution >= 0.6 is 12.4 Å². The Balaban J connectivity index is 0.00000218. The third-order valence-electron chi connectivity index (χ3n) is 5.64. The van der Waals surface area contributed by atoms with E-state index in [9.17, 15) is 0 Å². The number of hydrogen-bond acceptors (Lipinski definition) is 5. The second-order valence-electron chi connectivity index (χ2n) is 7.69. The summed E-state index contributed by atoms with van der Waals surface area (Å²) >= 11 is 0. The molecule has 1 aliphatic rings. The molecule has 1 aliphatic heterocycles. The number of imidazole rings is 1. The van der Waals surface area contributed by atoms with Gasteiger partial charge < -0.3 is 10.2 Å². The van der Waals surface area contributed by atoms with E-state index in [2.05, 4.69) is 53.3 Å². The van der Waals surface area contributed by atoms with Gasteiger partial charge in [0.15, 0.2) is 5.65 Å². The highest BCUT2D eigenvalue weighted by atomic mass is 35.5. The molecule has 5 rings (SSSR count). The number of aromatic nitrogens is 4. The molecule has 3 aromatic heterocycles. The van der Waals surface area contributed by atoms with E-state index in [1.807, 2.05) is 36.5 Å². The van der Waals surface area contributed by atoms with Gasteiger partial charge in [-0.3, -0.25) is 0 Å². The van der Waals surface area contributed by atoms with E-state index in [0.29, 0.717) is 12.1 Å². The molecule has 4 aromatic rings. The number of fused-ring (bicyclic) bond motifs is 1. The minimum Gasteiger partial charge on any atom is -0.351 e. The zero-order valence-electron chi connectivity index (χ0n) is 17.1. The fourth-order valence-electron chi connectivity index (χ4n) is 4.18. The van der Waals surface area contributed by atoms with Gasteiger partial charge in [-0.2, -0.15) is 5.10 Å². The average Bonchev–Trinajstić information content (AvgIpc) is 3.35. The Morgan fingerprint density at radius 2 is 1.73 bits per heavy atom. The summed E-state index contributed by atoms with van der Waals surface area (Å²) in [6, 6.07) is 19.4. The maximum atomic E-state index is 4.90. The second kappa shape index (κ2) is 8.32. The normalized spacial score (nSPS) is 18.4. The first kappa shape index (κ1) is 20.2. The maximum Gasteiger partial charge on any atom is 0.177 e. The summed E-state index contributed by atoms with van der Waals surface area (Å²) in [6.07, 6.45) is 6.05. The van der Waals surface area contributed by atoms with Crippen molar-refractivity contribution in [1.82, 2.24) is 19.6 Å². The molecule has 7 heteroatoms. The average molecular weight is 421 g/mol. The van der Waals surface area contributed by atoms with Crippen molar-refractivity contribution in [3.63, 3.8) is 0 Å². The van der Waals surface area contributed by atoms with Crippen molar-refractivity contribution < 1.29 is 0 Å². The largest absolute Gasteiger partial charge is 0.351 e. The van der Waals surface area contributed by atoms with Crippen LogP contribution in [0.3, 0.4) is 0 Å². The quantitative estimate of drug-likeness (QED) is 0.483.